The summed E-state index contributed by atoms with van der Waals surface area (Å²) in [5.41, 5.74) is 0.390. The highest BCUT2D eigenvalue weighted by Gasteiger charge is 2.17. The molecule has 2 atom stereocenters. The van der Waals surface area contributed by atoms with E-state index in [0.29, 0.717) is 11.5 Å². The van der Waals surface area contributed by atoms with E-state index >= 15 is 0 Å². The van der Waals surface area contributed by atoms with Gasteiger partial charge in [-0.1, -0.05) is 36.2 Å². The van der Waals surface area contributed by atoms with Gasteiger partial charge >= 0.3 is 0 Å². The van der Waals surface area contributed by atoms with Crippen molar-refractivity contribution in [1.29, 1.82) is 0 Å². The molecule has 0 nitrogen and oxygen atoms in total. The second-order valence-corrected chi connectivity index (χ2v) is 5.96. The van der Waals surface area contributed by atoms with Gasteiger partial charge in [0.05, 0.1) is 4.47 Å². The van der Waals surface area contributed by atoms with Gasteiger partial charge in [0.1, 0.15) is 11.6 Å². The minimum atomic E-state index is -0.426. The molecule has 0 aromatic heterocycles. The lowest BCUT2D eigenvalue weighted by Crippen LogP contribution is -2.02. The first-order chi connectivity index (χ1) is 7.45. The molecule has 1 aromatic rings. The molecule has 4 heteroatoms. The molecule has 2 unspecified atom stereocenters. The molecule has 0 amide bonds. The Kier molecular flexibility index (Phi) is 5.38. The van der Waals surface area contributed by atoms with Crippen LogP contribution in [0.1, 0.15) is 37.1 Å². The molecule has 0 aliphatic carbocycles. The predicted octanol–water partition coefficient (Wildman–Crippen LogP) is 5.60. The van der Waals surface area contributed by atoms with Crippen LogP contribution < -0.4 is 0 Å². The topological polar surface area (TPSA) is 0 Å². The van der Waals surface area contributed by atoms with Crippen molar-refractivity contribution < 1.29 is 8.78 Å². The first-order valence-corrected chi connectivity index (χ1v) is 6.95. The normalized spacial score (nSPS) is 14.9. The van der Waals surface area contributed by atoms with Gasteiger partial charge in [0.2, 0.25) is 0 Å². The van der Waals surface area contributed by atoms with Crippen molar-refractivity contribution in [3.05, 3.63) is 33.8 Å². The van der Waals surface area contributed by atoms with E-state index in [2.05, 4.69) is 45.7 Å². The van der Waals surface area contributed by atoms with Gasteiger partial charge < -0.3 is 0 Å². The monoisotopic (exact) mass is 354 g/mol. The van der Waals surface area contributed by atoms with Crippen molar-refractivity contribution in [3.8, 4) is 0 Å². The van der Waals surface area contributed by atoms with E-state index in [0.717, 1.165) is 12.8 Å². The van der Waals surface area contributed by atoms with Crippen LogP contribution in [0.15, 0.2) is 16.6 Å². The highest BCUT2D eigenvalue weighted by atomic mass is 79.9. The van der Waals surface area contributed by atoms with Gasteiger partial charge in [-0.2, -0.15) is 0 Å². The molecule has 0 N–H and O–H groups in total. The molecule has 0 saturated carbocycles. The minimum absolute atomic E-state index is 0.134. The second kappa shape index (κ2) is 6.10. The van der Waals surface area contributed by atoms with E-state index in [-0.39, 0.29) is 15.1 Å². The molecule has 0 saturated heterocycles. The van der Waals surface area contributed by atoms with Crippen LogP contribution in [0, 0.1) is 17.6 Å². The van der Waals surface area contributed by atoms with Crippen LogP contribution in [-0.4, -0.2) is 0 Å². The molecule has 0 heterocycles. The summed E-state index contributed by atoms with van der Waals surface area (Å²) < 4.78 is 27.1. The maximum atomic E-state index is 13.6. The van der Waals surface area contributed by atoms with Gasteiger partial charge in [0.15, 0.2) is 0 Å². The number of hydrogen-bond acceptors (Lipinski definition) is 0. The molecule has 1 aromatic carbocycles. The largest absolute Gasteiger partial charge is 0.207 e. The number of hydrogen-bond donors (Lipinski definition) is 0. The quantitative estimate of drug-likeness (QED) is 0.487. The molecule has 90 valence electrons. The Hall–Kier alpha value is 0.0400. The number of benzene rings is 1. The highest BCUT2D eigenvalue weighted by Crippen LogP contribution is 2.34. The fraction of sp³-hybridized carbons (Fsp3) is 0.500. The molecule has 0 fully saturated rings. The van der Waals surface area contributed by atoms with Gasteiger partial charge in [-0.05, 0) is 40.4 Å². The van der Waals surface area contributed by atoms with Crippen molar-refractivity contribution in [1.82, 2.24) is 0 Å². The Morgan fingerprint density at radius 2 is 1.88 bits per heavy atom. The second-order valence-electron chi connectivity index (χ2n) is 4.00. The van der Waals surface area contributed by atoms with Crippen molar-refractivity contribution >= 4 is 31.9 Å². The zero-order chi connectivity index (χ0) is 12.3. The molecule has 0 spiro atoms. The molecule has 16 heavy (non-hydrogen) atoms. The van der Waals surface area contributed by atoms with Crippen LogP contribution in [0.3, 0.4) is 0 Å². The van der Waals surface area contributed by atoms with Gasteiger partial charge in [0.25, 0.3) is 0 Å². The van der Waals surface area contributed by atoms with E-state index in [1.165, 1.54) is 12.1 Å². The Bertz CT molecular complexity index is 366. The number of halogens is 4. The molecule has 0 radical (unpaired) electrons. The molecular weight excluding hydrogens is 342 g/mol. The summed E-state index contributed by atoms with van der Waals surface area (Å²) >= 11 is 6.38. The first kappa shape index (κ1) is 14.1. The van der Waals surface area contributed by atoms with E-state index in [9.17, 15) is 8.78 Å². The van der Waals surface area contributed by atoms with Crippen molar-refractivity contribution in [2.24, 2.45) is 5.92 Å². The summed E-state index contributed by atoms with van der Waals surface area (Å²) in [6, 6.07) is 2.43. The Morgan fingerprint density at radius 1 is 1.25 bits per heavy atom. The van der Waals surface area contributed by atoms with Crippen molar-refractivity contribution in [2.75, 3.05) is 0 Å². The third kappa shape index (κ3) is 3.52. The third-order valence-corrected chi connectivity index (χ3v) is 4.16. The van der Waals surface area contributed by atoms with Crippen molar-refractivity contribution in [2.45, 2.75) is 31.5 Å². The standard InChI is InChI=1S/C12H14Br2F2/c1-3-7(2)4-9(13)8-5-12(16)10(14)6-11(8)15/h5-7,9H,3-4H2,1-2H3. The molecule has 1 rings (SSSR count). The SMILES string of the molecule is CCC(C)CC(Br)c1cc(F)c(Br)cc1F. The fourth-order valence-electron chi connectivity index (χ4n) is 1.42. The van der Waals surface area contributed by atoms with E-state index in [4.69, 9.17) is 0 Å². The zero-order valence-corrected chi connectivity index (χ0v) is 12.4. The van der Waals surface area contributed by atoms with Gasteiger partial charge in [0, 0.05) is 10.4 Å². The Morgan fingerprint density at radius 3 is 2.44 bits per heavy atom. The lowest BCUT2D eigenvalue weighted by molar-refractivity contribution is 0.500. The molecule has 0 bridgehead atoms. The molecule has 0 aliphatic rings. The average Bonchev–Trinajstić information content (AvgIpc) is 2.23. The number of alkyl halides is 1. The fourth-order valence-corrected chi connectivity index (χ4v) is 2.73. The van der Waals surface area contributed by atoms with Gasteiger partial charge in [-0.3, -0.25) is 0 Å². The summed E-state index contributed by atoms with van der Waals surface area (Å²) in [6.45, 7) is 4.18. The maximum Gasteiger partial charge on any atom is 0.137 e. The lowest BCUT2D eigenvalue weighted by Gasteiger charge is -2.15. The van der Waals surface area contributed by atoms with Gasteiger partial charge in [-0.25, -0.2) is 8.78 Å². The van der Waals surface area contributed by atoms with Crippen LogP contribution in [-0.2, 0) is 0 Å². The Labute approximate surface area is 112 Å². The number of rotatable bonds is 4. The maximum absolute atomic E-state index is 13.6. The first-order valence-electron chi connectivity index (χ1n) is 5.24. The summed E-state index contributed by atoms with van der Waals surface area (Å²) in [5.74, 6) is -0.320. The van der Waals surface area contributed by atoms with Crippen LogP contribution in [0.2, 0.25) is 0 Å². The summed E-state index contributed by atoms with van der Waals surface area (Å²) in [6.07, 6.45) is 1.83. The van der Waals surface area contributed by atoms with E-state index in [1.54, 1.807) is 0 Å². The van der Waals surface area contributed by atoms with Crippen molar-refractivity contribution in [3.63, 3.8) is 0 Å². The predicted molar refractivity (Wildman–Crippen MR) is 69.8 cm³/mol. The van der Waals surface area contributed by atoms with Gasteiger partial charge in [-0.15, -0.1) is 0 Å². The molecular formula is C12H14Br2F2. The highest BCUT2D eigenvalue weighted by molar-refractivity contribution is 9.10. The zero-order valence-electron chi connectivity index (χ0n) is 9.24. The smallest absolute Gasteiger partial charge is 0.137 e. The Balaban J connectivity index is 2.91. The minimum Gasteiger partial charge on any atom is -0.207 e. The summed E-state index contributed by atoms with van der Waals surface area (Å²) in [7, 11) is 0. The van der Waals surface area contributed by atoms with E-state index in [1.807, 2.05) is 0 Å². The third-order valence-electron chi connectivity index (χ3n) is 2.68. The summed E-state index contributed by atoms with van der Waals surface area (Å²) in [4.78, 5) is -0.134. The van der Waals surface area contributed by atoms with Crippen LogP contribution >= 0.6 is 31.9 Å². The summed E-state index contributed by atoms with van der Waals surface area (Å²) in [5, 5.41) is 0. The van der Waals surface area contributed by atoms with Crippen LogP contribution in [0.4, 0.5) is 8.78 Å². The van der Waals surface area contributed by atoms with Crippen LogP contribution in [0.25, 0.3) is 0 Å². The lowest BCUT2D eigenvalue weighted by atomic mass is 9.98. The average molecular weight is 356 g/mol. The van der Waals surface area contributed by atoms with Crippen LogP contribution in [0.5, 0.6) is 0 Å². The van der Waals surface area contributed by atoms with E-state index < -0.39 is 5.82 Å². The molecule has 0 aliphatic heterocycles.